The van der Waals surface area contributed by atoms with Crippen molar-refractivity contribution in [1.82, 2.24) is 0 Å². The van der Waals surface area contributed by atoms with E-state index < -0.39 is 0 Å². The number of amidine groups is 1. The molecule has 0 aromatic rings. The molecule has 0 unspecified atom stereocenters. The quantitative estimate of drug-likeness (QED) is 0.598. The van der Waals surface area contributed by atoms with E-state index in [0.29, 0.717) is 5.84 Å². The number of aliphatic imine (C=N–C) groups is 2. The van der Waals surface area contributed by atoms with Crippen molar-refractivity contribution in [2.24, 2.45) is 9.98 Å². The van der Waals surface area contributed by atoms with Crippen LogP contribution in [0.2, 0.25) is 0 Å². The molecule has 0 saturated heterocycles. The summed E-state index contributed by atoms with van der Waals surface area (Å²) < 4.78 is 0. The predicted molar refractivity (Wildman–Crippen MR) is 51.9 cm³/mol. The Labute approximate surface area is 76.8 Å². The minimum Gasteiger partial charge on any atom is -0.761 e. The van der Waals surface area contributed by atoms with Crippen LogP contribution < -0.4 is 0 Å². The molecule has 13 heavy (non-hydrogen) atoms. The molecule has 0 spiro atoms. The van der Waals surface area contributed by atoms with Gasteiger partial charge in [0.1, 0.15) is 17.6 Å². The molecule has 0 N–H and O–H groups in total. The van der Waals surface area contributed by atoms with Gasteiger partial charge in [-0.2, -0.15) is 5.26 Å². The predicted octanol–water partition coefficient (Wildman–Crippen LogP) is 1.68. The largest absolute Gasteiger partial charge is 0.761 e. The summed E-state index contributed by atoms with van der Waals surface area (Å²) in [6.45, 7) is 2.07. The van der Waals surface area contributed by atoms with Crippen LogP contribution in [-0.2, 0) is 0 Å². The molecule has 4 nitrogen and oxygen atoms in total. The Kier molecular flexibility index (Phi) is 3.13. The first-order chi connectivity index (χ1) is 6.31. The van der Waals surface area contributed by atoms with E-state index in [1.807, 2.05) is 11.9 Å². The van der Waals surface area contributed by atoms with E-state index in [1.54, 1.807) is 0 Å². The Balaban J connectivity index is 2.77. The van der Waals surface area contributed by atoms with Crippen LogP contribution in [0.1, 0.15) is 26.2 Å². The van der Waals surface area contributed by atoms with Crippen LogP contribution in [0.4, 0.5) is 0 Å². The van der Waals surface area contributed by atoms with Crippen LogP contribution in [0.5, 0.6) is 0 Å². The number of nitrogens with zero attached hydrogens (tertiary/aromatic N) is 4. The lowest BCUT2D eigenvalue weighted by atomic mass is 10.2. The van der Waals surface area contributed by atoms with Gasteiger partial charge >= 0.3 is 0 Å². The Bertz CT molecular complexity index is 350. The Hall–Kier alpha value is -1.72. The summed E-state index contributed by atoms with van der Waals surface area (Å²) in [7, 11) is 0. The molecular weight excluding hydrogens is 164 g/mol. The van der Waals surface area contributed by atoms with Crippen LogP contribution >= 0.6 is 0 Å². The summed E-state index contributed by atoms with van der Waals surface area (Å²) in [5, 5.41) is 17.2. The van der Waals surface area contributed by atoms with Crippen molar-refractivity contribution in [3.05, 3.63) is 11.1 Å². The first-order valence-electron chi connectivity index (χ1n) is 4.15. The number of hydrogen-bond acceptors (Lipinski definition) is 3. The van der Waals surface area contributed by atoms with Crippen LogP contribution in [0.15, 0.2) is 15.7 Å². The standard InChI is InChI=1S/C9H9N4/c1-2-3-4-9-12-7(5-10)8(6-11)13-9/h2-4H2,1H3/q-1. The average Bonchev–Trinajstić information content (AvgIpc) is 2.57. The maximum absolute atomic E-state index is 8.58. The second kappa shape index (κ2) is 4.34. The fourth-order valence-electron chi connectivity index (χ4n) is 0.992. The minimum atomic E-state index is 0.147. The minimum absolute atomic E-state index is 0.147. The van der Waals surface area contributed by atoms with Crippen LogP contribution in [0, 0.1) is 11.3 Å². The molecule has 1 aliphatic rings. The molecule has 0 amide bonds. The molecule has 0 saturated carbocycles. The molecule has 0 aromatic carbocycles. The van der Waals surface area contributed by atoms with Gasteiger partial charge in [-0.1, -0.05) is 13.3 Å². The molecule has 0 fully saturated rings. The molecule has 66 valence electrons. The lowest BCUT2D eigenvalue weighted by Crippen LogP contribution is -1.92. The molecule has 0 aliphatic carbocycles. The summed E-state index contributed by atoms with van der Waals surface area (Å²) in [6, 6.07) is 1.85. The van der Waals surface area contributed by atoms with Crippen LogP contribution in [-0.4, -0.2) is 17.4 Å². The van der Waals surface area contributed by atoms with Crippen molar-refractivity contribution in [2.45, 2.75) is 26.2 Å². The summed E-state index contributed by atoms with van der Waals surface area (Å²) in [5.74, 6) is 2.45. The summed E-state index contributed by atoms with van der Waals surface area (Å²) in [4.78, 5) is 7.88. The monoisotopic (exact) mass is 173 g/mol. The fourth-order valence-corrected chi connectivity index (χ4v) is 0.992. The van der Waals surface area contributed by atoms with Gasteiger partial charge in [0, 0.05) is 6.42 Å². The first-order valence-corrected chi connectivity index (χ1v) is 4.15. The Morgan fingerprint density at radius 3 is 2.69 bits per heavy atom. The zero-order valence-corrected chi connectivity index (χ0v) is 7.41. The third-order valence-electron chi connectivity index (χ3n) is 1.67. The van der Waals surface area contributed by atoms with Crippen molar-refractivity contribution in [3.63, 3.8) is 0 Å². The molecule has 0 atom stereocenters. The van der Waals surface area contributed by atoms with E-state index in [1.165, 1.54) is 0 Å². The molecule has 1 rings (SSSR count). The highest BCUT2D eigenvalue weighted by Crippen LogP contribution is 2.11. The summed E-state index contributed by atoms with van der Waals surface area (Å²) in [5.41, 5.74) is 0.294. The highest BCUT2D eigenvalue weighted by Gasteiger charge is 2.13. The maximum atomic E-state index is 8.58. The topological polar surface area (TPSA) is 70.8 Å². The van der Waals surface area contributed by atoms with Gasteiger partial charge in [-0.3, -0.25) is 0 Å². The molecule has 0 bridgehead atoms. The van der Waals surface area contributed by atoms with Gasteiger partial charge in [0.25, 0.3) is 0 Å². The normalized spacial score (nSPS) is 14.6. The van der Waals surface area contributed by atoms with E-state index in [2.05, 4.69) is 16.9 Å². The number of unbranched alkanes of at least 4 members (excludes halogenated alkanes) is 1. The third-order valence-corrected chi connectivity index (χ3v) is 1.67. The number of hydrogen-bond donors (Lipinski definition) is 0. The number of nitriles is 1. The average molecular weight is 173 g/mol. The van der Waals surface area contributed by atoms with Gasteiger partial charge < -0.3 is 5.41 Å². The number of rotatable bonds is 3. The van der Waals surface area contributed by atoms with Gasteiger partial charge in [-0.15, -0.1) is 0 Å². The zero-order chi connectivity index (χ0) is 9.68. The number of allylic oxidation sites excluding steroid dienone is 1. The van der Waals surface area contributed by atoms with Crippen LogP contribution in [0.3, 0.4) is 0 Å². The van der Waals surface area contributed by atoms with Gasteiger partial charge in [0.2, 0.25) is 0 Å². The van der Waals surface area contributed by atoms with E-state index in [9.17, 15) is 0 Å². The highest BCUT2D eigenvalue weighted by molar-refractivity contribution is 6.24. The third kappa shape index (κ3) is 2.11. The van der Waals surface area contributed by atoms with Gasteiger partial charge in [0.05, 0.1) is 0 Å². The molecule has 4 heteroatoms. The van der Waals surface area contributed by atoms with Gasteiger partial charge in [-0.05, 0) is 6.42 Å². The first kappa shape index (κ1) is 9.37. The van der Waals surface area contributed by atoms with Crippen molar-refractivity contribution < 1.29 is 0 Å². The van der Waals surface area contributed by atoms with Crippen molar-refractivity contribution in [1.29, 1.82) is 5.26 Å². The lowest BCUT2D eigenvalue weighted by Gasteiger charge is -1.91. The molecule has 1 heterocycles. The van der Waals surface area contributed by atoms with Crippen molar-refractivity contribution >= 4 is 17.4 Å². The van der Waals surface area contributed by atoms with E-state index in [4.69, 9.17) is 10.7 Å². The van der Waals surface area contributed by atoms with Crippen LogP contribution in [0.25, 0.3) is 5.41 Å². The highest BCUT2D eigenvalue weighted by atomic mass is 15.0. The lowest BCUT2D eigenvalue weighted by molar-refractivity contribution is 0.832. The van der Waals surface area contributed by atoms with E-state index in [0.717, 1.165) is 19.3 Å². The fraction of sp³-hybridized carbons (Fsp3) is 0.444. The molecule has 0 aromatic heterocycles. The maximum Gasteiger partial charge on any atom is 0.174 e. The van der Waals surface area contributed by atoms with E-state index >= 15 is 0 Å². The van der Waals surface area contributed by atoms with Crippen molar-refractivity contribution in [2.75, 3.05) is 0 Å². The van der Waals surface area contributed by atoms with Gasteiger partial charge in [-0.25, -0.2) is 15.9 Å². The Morgan fingerprint density at radius 2 is 2.23 bits per heavy atom. The van der Waals surface area contributed by atoms with E-state index in [-0.39, 0.29) is 11.4 Å². The molecule has 1 aliphatic heterocycles. The summed E-state index contributed by atoms with van der Waals surface area (Å²) in [6.07, 6.45) is 2.78. The van der Waals surface area contributed by atoms with Crippen molar-refractivity contribution in [3.8, 4) is 6.07 Å². The second-order valence-corrected chi connectivity index (χ2v) is 2.66. The SMILES string of the molecule is CCCCC1=NC(=C=[N-])C(C#N)=N1. The Morgan fingerprint density at radius 1 is 1.46 bits per heavy atom. The second-order valence-electron chi connectivity index (χ2n) is 2.66. The van der Waals surface area contributed by atoms with Gasteiger partial charge in [0.15, 0.2) is 5.71 Å². The smallest absolute Gasteiger partial charge is 0.174 e. The zero-order valence-electron chi connectivity index (χ0n) is 7.41. The molecular formula is C9H9N4-. The molecule has 0 radical (unpaired) electrons. The summed E-state index contributed by atoms with van der Waals surface area (Å²) >= 11 is 0.